The molecule has 0 spiro atoms. The fraction of sp³-hybridized carbons (Fsp3) is 0.471. The quantitative estimate of drug-likeness (QED) is 0.604. The van der Waals surface area contributed by atoms with Gasteiger partial charge in [-0.15, -0.1) is 0 Å². The summed E-state index contributed by atoms with van der Waals surface area (Å²) in [4.78, 5) is 39.7. The number of carbonyl (C=O) groups excluding carboxylic acids is 3. The van der Waals surface area contributed by atoms with Crippen molar-refractivity contribution in [3.05, 3.63) is 35.4 Å². The summed E-state index contributed by atoms with van der Waals surface area (Å²) < 4.78 is 0. The zero-order valence-corrected chi connectivity index (χ0v) is 14.1. The average molecular weight is 345 g/mol. The van der Waals surface area contributed by atoms with Crippen molar-refractivity contribution in [1.29, 1.82) is 0 Å². The third-order valence-corrected chi connectivity index (χ3v) is 4.42. The summed E-state index contributed by atoms with van der Waals surface area (Å²) in [6, 6.07) is 6.47. The van der Waals surface area contributed by atoms with Crippen LogP contribution < -0.4 is 16.0 Å². The molecule has 2 aliphatic rings. The Hall–Kier alpha value is -2.45. The van der Waals surface area contributed by atoms with Gasteiger partial charge in [-0.3, -0.25) is 19.4 Å². The molecule has 2 heterocycles. The van der Waals surface area contributed by atoms with Crippen molar-refractivity contribution in [2.45, 2.75) is 0 Å². The Labute approximate surface area is 146 Å². The van der Waals surface area contributed by atoms with Crippen LogP contribution in [0.1, 0.15) is 20.7 Å². The molecule has 134 valence electrons. The van der Waals surface area contributed by atoms with Gasteiger partial charge in [0.05, 0.1) is 11.1 Å². The van der Waals surface area contributed by atoms with Crippen LogP contribution in [0.5, 0.6) is 0 Å². The van der Waals surface area contributed by atoms with E-state index in [2.05, 4.69) is 20.9 Å². The number of urea groups is 1. The fourth-order valence-electron chi connectivity index (χ4n) is 3.05. The van der Waals surface area contributed by atoms with Crippen molar-refractivity contribution in [1.82, 2.24) is 25.8 Å². The van der Waals surface area contributed by atoms with Crippen LogP contribution in [0.15, 0.2) is 24.3 Å². The van der Waals surface area contributed by atoms with E-state index >= 15 is 0 Å². The Morgan fingerprint density at radius 1 is 0.960 bits per heavy atom. The molecule has 8 nitrogen and oxygen atoms in total. The van der Waals surface area contributed by atoms with Crippen molar-refractivity contribution in [3.63, 3.8) is 0 Å². The minimum absolute atomic E-state index is 0.164. The van der Waals surface area contributed by atoms with Gasteiger partial charge < -0.3 is 16.0 Å². The molecule has 0 unspecified atom stereocenters. The van der Waals surface area contributed by atoms with E-state index in [4.69, 9.17) is 0 Å². The number of rotatable bonds is 6. The second-order valence-electron chi connectivity index (χ2n) is 6.08. The first-order valence-corrected chi connectivity index (χ1v) is 8.57. The average Bonchev–Trinajstić information content (AvgIpc) is 2.88. The van der Waals surface area contributed by atoms with Crippen LogP contribution in [0.2, 0.25) is 0 Å². The van der Waals surface area contributed by atoms with Gasteiger partial charge in [-0.2, -0.15) is 0 Å². The van der Waals surface area contributed by atoms with Crippen molar-refractivity contribution >= 4 is 17.8 Å². The predicted octanol–water partition coefficient (Wildman–Crippen LogP) is -0.513. The normalized spacial score (nSPS) is 17.5. The van der Waals surface area contributed by atoms with E-state index < -0.39 is 0 Å². The molecule has 1 saturated heterocycles. The number of fused-ring (bicyclic) bond motifs is 1. The van der Waals surface area contributed by atoms with Gasteiger partial charge in [0.1, 0.15) is 0 Å². The molecule has 0 radical (unpaired) electrons. The number of nitrogens with zero attached hydrogens (tertiary/aromatic N) is 2. The second-order valence-corrected chi connectivity index (χ2v) is 6.08. The number of benzene rings is 1. The molecule has 3 rings (SSSR count). The van der Waals surface area contributed by atoms with Gasteiger partial charge in [0.2, 0.25) is 0 Å². The minimum Gasteiger partial charge on any atom is -0.337 e. The van der Waals surface area contributed by atoms with E-state index in [1.807, 2.05) is 0 Å². The Kier molecular flexibility index (Phi) is 5.62. The summed E-state index contributed by atoms with van der Waals surface area (Å²) in [5.74, 6) is -0.608. The zero-order valence-electron chi connectivity index (χ0n) is 14.1. The Balaban J connectivity index is 1.36. The number of nitrogens with one attached hydrogen (secondary N) is 3. The summed E-state index contributed by atoms with van der Waals surface area (Å²) >= 11 is 0. The van der Waals surface area contributed by atoms with Gasteiger partial charge >= 0.3 is 6.03 Å². The van der Waals surface area contributed by atoms with E-state index in [1.54, 1.807) is 24.3 Å². The monoisotopic (exact) mass is 345 g/mol. The van der Waals surface area contributed by atoms with E-state index in [9.17, 15) is 14.4 Å². The van der Waals surface area contributed by atoms with Gasteiger partial charge in [0.15, 0.2) is 0 Å². The van der Waals surface area contributed by atoms with Crippen LogP contribution in [0, 0.1) is 0 Å². The van der Waals surface area contributed by atoms with Crippen LogP contribution in [0.25, 0.3) is 0 Å². The molecule has 1 fully saturated rings. The highest BCUT2D eigenvalue weighted by molar-refractivity contribution is 6.21. The van der Waals surface area contributed by atoms with Gasteiger partial charge in [0, 0.05) is 52.4 Å². The van der Waals surface area contributed by atoms with E-state index in [0.29, 0.717) is 17.7 Å². The number of hydrogen-bond donors (Lipinski definition) is 3. The summed E-state index contributed by atoms with van der Waals surface area (Å²) in [6.07, 6.45) is 0. The van der Waals surface area contributed by atoms with Gasteiger partial charge in [-0.25, -0.2) is 4.79 Å². The maximum Gasteiger partial charge on any atom is 0.314 e. The largest absolute Gasteiger partial charge is 0.337 e. The second kappa shape index (κ2) is 8.09. The molecule has 3 N–H and O–H groups in total. The highest BCUT2D eigenvalue weighted by atomic mass is 16.2. The van der Waals surface area contributed by atoms with Gasteiger partial charge in [0.25, 0.3) is 11.8 Å². The highest BCUT2D eigenvalue weighted by Gasteiger charge is 2.34. The molecule has 25 heavy (non-hydrogen) atoms. The number of carbonyl (C=O) groups is 3. The molecule has 0 bridgehead atoms. The molecule has 0 saturated carbocycles. The first kappa shape index (κ1) is 17.4. The Morgan fingerprint density at radius 3 is 2.12 bits per heavy atom. The SMILES string of the molecule is O=C(NCCN1CCNCC1)NCCN1C(=O)c2ccccc2C1=O. The fourth-order valence-corrected chi connectivity index (χ4v) is 3.05. The lowest BCUT2D eigenvalue weighted by Crippen LogP contribution is -2.48. The lowest BCUT2D eigenvalue weighted by atomic mass is 10.1. The van der Waals surface area contributed by atoms with Crippen LogP contribution >= 0.6 is 0 Å². The van der Waals surface area contributed by atoms with Gasteiger partial charge in [-0.05, 0) is 12.1 Å². The molecule has 8 heteroatoms. The van der Waals surface area contributed by atoms with E-state index in [-0.39, 0.29) is 30.9 Å². The topological polar surface area (TPSA) is 93.8 Å². The first-order chi connectivity index (χ1) is 12.2. The molecule has 0 atom stereocenters. The molecular formula is C17H23N5O3. The smallest absolute Gasteiger partial charge is 0.314 e. The van der Waals surface area contributed by atoms with Crippen molar-refractivity contribution in [2.75, 3.05) is 52.4 Å². The number of amides is 4. The summed E-state index contributed by atoms with van der Waals surface area (Å²) in [5, 5.41) is 8.76. The lowest BCUT2D eigenvalue weighted by Gasteiger charge is -2.27. The maximum atomic E-state index is 12.2. The molecule has 4 amide bonds. The summed E-state index contributed by atoms with van der Waals surface area (Å²) in [7, 11) is 0. The van der Waals surface area contributed by atoms with E-state index in [0.717, 1.165) is 32.7 Å². The lowest BCUT2D eigenvalue weighted by molar-refractivity contribution is 0.0656. The molecular weight excluding hydrogens is 322 g/mol. The maximum absolute atomic E-state index is 12.2. The zero-order chi connectivity index (χ0) is 17.6. The molecule has 0 aromatic heterocycles. The highest BCUT2D eigenvalue weighted by Crippen LogP contribution is 2.21. The molecule has 1 aromatic carbocycles. The van der Waals surface area contributed by atoms with Crippen LogP contribution in [0.3, 0.4) is 0 Å². The third-order valence-electron chi connectivity index (χ3n) is 4.42. The van der Waals surface area contributed by atoms with Crippen LogP contribution in [-0.2, 0) is 0 Å². The van der Waals surface area contributed by atoms with Crippen molar-refractivity contribution < 1.29 is 14.4 Å². The third kappa shape index (κ3) is 4.15. The number of hydrogen-bond acceptors (Lipinski definition) is 5. The van der Waals surface area contributed by atoms with Crippen molar-refractivity contribution in [3.8, 4) is 0 Å². The van der Waals surface area contributed by atoms with Crippen LogP contribution in [-0.4, -0.2) is 80.0 Å². The summed E-state index contributed by atoms with van der Waals surface area (Å²) in [5.41, 5.74) is 0.848. The molecule has 0 aliphatic carbocycles. The first-order valence-electron chi connectivity index (χ1n) is 8.57. The Morgan fingerprint density at radius 2 is 1.52 bits per heavy atom. The Bertz CT molecular complexity index is 622. The van der Waals surface area contributed by atoms with Gasteiger partial charge in [-0.1, -0.05) is 12.1 Å². The minimum atomic E-state index is -0.304. The standard InChI is InChI=1S/C17H23N5O3/c23-15-13-3-1-2-4-14(13)16(24)22(15)12-8-20-17(25)19-7-11-21-9-5-18-6-10-21/h1-4,18H,5-12H2,(H2,19,20,25). The number of piperazine rings is 1. The number of imide groups is 1. The molecule has 2 aliphatic heterocycles. The summed E-state index contributed by atoms with van der Waals surface area (Å²) in [6.45, 7) is 5.71. The predicted molar refractivity (Wildman–Crippen MR) is 92.5 cm³/mol. The van der Waals surface area contributed by atoms with Crippen LogP contribution in [0.4, 0.5) is 4.79 Å². The van der Waals surface area contributed by atoms with E-state index in [1.165, 1.54) is 4.90 Å². The molecule has 1 aromatic rings. The van der Waals surface area contributed by atoms with Crippen molar-refractivity contribution in [2.24, 2.45) is 0 Å².